The molecule has 0 aliphatic carbocycles. The Bertz CT molecular complexity index is 328. The van der Waals surface area contributed by atoms with Crippen molar-refractivity contribution in [3.05, 3.63) is 0 Å². The van der Waals surface area contributed by atoms with Crippen LogP contribution in [0.15, 0.2) is 0 Å². The van der Waals surface area contributed by atoms with Gasteiger partial charge in [-0.05, 0) is 27.7 Å². The summed E-state index contributed by atoms with van der Waals surface area (Å²) in [6.45, 7) is 6.86. The average Bonchev–Trinajstić information content (AvgIpc) is 2.27. The van der Waals surface area contributed by atoms with E-state index in [2.05, 4.69) is 10.6 Å². The molecule has 3 N–H and O–H groups in total. The van der Waals surface area contributed by atoms with Crippen molar-refractivity contribution in [3.8, 4) is 0 Å². The normalized spacial score (nSPS) is 10.7. The third-order valence-electron chi connectivity index (χ3n) is 2.53. The Morgan fingerprint density at radius 2 is 1.72 bits per heavy atom. The number of carboxylic acid groups (broad SMARTS) is 1. The van der Waals surface area contributed by atoms with Crippen molar-refractivity contribution in [2.45, 2.75) is 33.2 Å². The van der Waals surface area contributed by atoms with E-state index in [0.29, 0.717) is 6.54 Å². The van der Waals surface area contributed by atoms with Gasteiger partial charge in [0.2, 0.25) is 5.91 Å². The summed E-state index contributed by atoms with van der Waals surface area (Å²) in [5.41, 5.74) is -1.32. The average molecular weight is 259 g/mol. The van der Waals surface area contributed by atoms with Gasteiger partial charge in [0.25, 0.3) is 0 Å². The molecule has 0 aliphatic rings. The highest BCUT2D eigenvalue weighted by Gasteiger charge is 2.36. The number of carboxylic acids is 1. The highest BCUT2D eigenvalue weighted by atomic mass is 16.4. The monoisotopic (exact) mass is 259 g/mol. The van der Waals surface area contributed by atoms with Crippen LogP contribution in [-0.2, 0) is 9.59 Å². The number of carbonyl (C=O) groups excluding carboxylic acids is 2. The summed E-state index contributed by atoms with van der Waals surface area (Å²) in [7, 11) is 0. The molecule has 0 aliphatic heterocycles. The van der Waals surface area contributed by atoms with Gasteiger partial charge < -0.3 is 20.6 Å². The van der Waals surface area contributed by atoms with Crippen molar-refractivity contribution in [3.63, 3.8) is 0 Å². The Morgan fingerprint density at radius 3 is 2.11 bits per heavy atom. The Labute approximate surface area is 107 Å². The summed E-state index contributed by atoms with van der Waals surface area (Å²) in [5, 5.41) is 14.0. The fourth-order valence-corrected chi connectivity index (χ4v) is 1.42. The molecule has 7 nitrogen and oxygen atoms in total. The number of hydrogen-bond acceptors (Lipinski definition) is 3. The van der Waals surface area contributed by atoms with Crippen molar-refractivity contribution in [2.75, 3.05) is 19.6 Å². The maximum atomic E-state index is 11.8. The first-order valence-electron chi connectivity index (χ1n) is 5.82. The Kier molecular flexibility index (Phi) is 6.15. The summed E-state index contributed by atoms with van der Waals surface area (Å²) in [4.78, 5) is 35.2. The second-order valence-corrected chi connectivity index (χ2v) is 4.22. The van der Waals surface area contributed by atoms with Gasteiger partial charge in [-0.3, -0.25) is 4.79 Å². The quantitative estimate of drug-likeness (QED) is 0.626. The molecule has 0 aromatic rings. The Balaban J connectivity index is 4.55. The SMILES string of the molecule is CCNC(=O)CNC(=O)N(CC)C(C)(C)C(=O)O. The molecule has 0 unspecified atom stereocenters. The number of carbonyl (C=O) groups is 3. The topological polar surface area (TPSA) is 98.7 Å². The Hall–Kier alpha value is -1.79. The van der Waals surface area contributed by atoms with Gasteiger partial charge in [-0.25, -0.2) is 9.59 Å². The number of nitrogens with one attached hydrogen (secondary N) is 2. The van der Waals surface area contributed by atoms with Crippen molar-refractivity contribution < 1.29 is 19.5 Å². The van der Waals surface area contributed by atoms with Crippen LogP contribution in [0.1, 0.15) is 27.7 Å². The van der Waals surface area contributed by atoms with Crippen LogP contribution in [0.4, 0.5) is 4.79 Å². The van der Waals surface area contributed by atoms with Gasteiger partial charge in [0.15, 0.2) is 0 Å². The lowest BCUT2D eigenvalue weighted by Gasteiger charge is -2.34. The van der Waals surface area contributed by atoms with Crippen molar-refractivity contribution >= 4 is 17.9 Å². The summed E-state index contributed by atoms with van der Waals surface area (Å²) >= 11 is 0. The highest BCUT2D eigenvalue weighted by molar-refractivity contribution is 5.88. The summed E-state index contributed by atoms with van der Waals surface area (Å²) in [5.74, 6) is -1.41. The van der Waals surface area contributed by atoms with E-state index in [9.17, 15) is 14.4 Å². The number of nitrogens with zero attached hydrogens (tertiary/aromatic N) is 1. The first kappa shape index (κ1) is 16.2. The molecule has 0 radical (unpaired) electrons. The van der Waals surface area contributed by atoms with Gasteiger partial charge in [0.1, 0.15) is 5.54 Å². The lowest BCUT2D eigenvalue weighted by Crippen LogP contribution is -2.56. The molecular weight excluding hydrogens is 238 g/mol. The number of urea groups is 1. The summed E-state index contributed by atoms with van der Waals surface area (Å²) < 4.78 is 0. The molecule has 7 heteroatoms. The molecule has 0 atom stereocenters. The minimum Gasteiger partial charge on any atom is -0.480 e. The number of amides is 3. The van der Waals surface area contributed by atoms with E-state index < -0.39 is 17.5 Å². The number of rotatable bonds is 6. The van der Waals surface area contributed by atoms with Gasteiger partial charge in [-0.1, -0.05) is 0 Å². The first-order valence-corrected chi connectivity index (χ1v) is 5.82. The molecular formula is C11H21N3O4. The predicted molar refractivity (Wildman–Crippen MR) is 66.2 cm³/mol. The molecule has 0 spiro atoms. The van der Waals surface area contributed by atoms with Crippen LogP contribution in [0, 0.1) is 0 Å². The molecule has 18 heavy (non-hydrogen) atoms. The van der Waals surface area contributed by atoms with E-state index in [1.165, 1.54) is 13.8 Å². The maximum Gasteiger partial charge on any atom is 0.329 e. The zero-order valence-corrected chi connectivity index (χ0v) is 11.2. The molecule has 104 valence electrons. The van der Waals surface area contributed by atoms with E-state index in [1.807, 2.05) is 0 Å². The third-order valence-corrected chi connectivity index (χ3v) is 2.53. The lowest BCUT2D eigenvalue weighted by atomic mass is 10.0. The molecule has 0 saturated carbocycles. The number of aliphatic carboxylic acids is 1. The minimum absolute atomic E-state index is 0.168. The fraction of sp³-hybridized carbons (Fsp3) is 0.727. The molecule has 0 aromatic heterocycles. The van der Waals surface area contributed by atoms with Gasteiger partial charge >= 0.3 is 12.0 Å². The molecule has 0 saturated heterocycles. The van der Waals surface area contributed by atoms with Crippen LogP contribution in [-0.4, -0.2) is 53.1 Å². The van der Waals surface area contributed by atoms with Gasteiger partial charge in [-0.15, -0.1) is 0 Å². The van der Waals surface area contributed by atoms with Crippen LogP contribution in [0.25, 0.3) is 0 Å². The van der Waals surface area contributed by atoms with Crippen LogP contribution >= 0.6 is 0 Å². The zero-order valence-electron chi connectivity index (χ0n) is 11.2. The molecule has 0 bridgehead atoms. The van der Waals surface area contributed by atoms with E-state index in [-0.39, 0.29) is 19.0 Å². The van der Waals surface area contributed by atoms with Crippen molar-refractivity contribution in [1.82, 2.24) is 15.5 Å². The third kappa shape index (κ3) is 4.23. The summed E-state index contributed by atoms with van der Waals surface area (Å²) in [6, 6.07) is -0.573. The molecule has 0 heterocycles. The minimum atomic E-state index is -1.32. The number of hydrogen-bond donors (Lipinski definition) is 3. The molecule has 3 amide bonds. The van der Waals surface area contributed by atoms with E-state index in [4.69, 9.17) is 5.11 Å². The summed E-state index contributed by atoms with van der Waals surface area (Å²) in [6.07, 6.45) is 0. The highest BCUT2D eigenvalue weighted by Crippen LogP contribution is 2.14. The number of likely N-dealkylation sites (N-methyl/N-ethyl adjacent to an activating group) is 2. The van der Waals surface area contributed by atoms with Crippen LogP contribution in [0.5, 0.6) is 0 Å². The van der Waals surface area contributed by atoms with Crippen LogP contribution in [0.2, 0.25) is 0 Å². The van der Waals surface area contributed by atoms with E-state index in [1.54, 1.807) is 13.8 Å². The standard InChI is InChI=1S/C11H21N3O4/c1-5-12-8(15)7-13-10(18)14(6-2)11(3,4)9(16)17/h5-7H2,1-4H3,(H,12,15)(H,13,18)(H,16,17). The zero-order chi connectivity index (χ0) is 14.3. The molecule has 0 fully saturated rings. The van der Waals surface area contributed by atoms with Gasteiger partial charge in [0, 0.05) is 13.1 Å². The maximum absolute atomic E-state index is 11.8. The molecule has 0 rings (SSSR count). The largest absolute Gasteiger partial charge is 0.480 e. The first-order chi connectivity index (χ1) is 8.27. The van der Waals surface area contributed by atoms with Gasteiger partial charge in [-0.2, -0.15) is 0 Å². The van der Waals surface area contributed by atoms with Crippen molar-refractivity contribution in [1.29, 1.82) is 0 Å². The predicted octanol–water partition coefficient (Wildman–Crippen LogP) is 0.0172. The molecule has 0 aromatic carbocycles. The van der Waals surface area contributed by atoms with Crippen LogP contribution < -0.4 is 10.6 Å². The Morgan fingerprint density at radius 1 is 1.17 bits per heavy atom. The smallest absolute Gasteiger partial charge is 0.329 e. The van der Waals surface area contributed by atoms with E-state index >= 15 is 0 Å². The van der Waals surface area contributed by atoms with Crippen LogP contribution in [0.3, 0.4) is 0 Å². The van der Waals surface area contributed by atoms with Crippen molar-refractivity contribution in [2.24, 2.45) is 0 Å². The van der Waals surface area contributed by atoms with Gasteiger partial charge in [0.05, 0.1) is 6.54 Å². The van der Waals surface area contributed by atoms with E-state index in [0.717, 1.165) is 4.90 Å². The lowest BCUT2D eigenvalue weighted by molar-refractivity contribution is -0.147. The second kappa shape index (κ2) is 6.83. The second-order valence-electron chi connectivity index (χ2n) is 4.22. The fourth-order valence-electron chi connectivity index (χ4n) is 1.42.